The summed E-state index contributed by atoms with van der Waals surface area (Å²) in [5.41, 5.74) is 24.1. The van der Waals surface area contributed by atoms with Crippen molar-refractivity contribution in [3.05, 3.63) is 238 Å². The van der Waals surface area contributed by atoms with E-state index < -0.39 is 11.6 Å². The van der Waals surface area contributed by atoms with Crippen LogP contribution in [0.4, 0.5) is 8.78 Å². The molecular formula is C69H53F2N3. The molecule has 2 aromatic heterocycles. The molecule has 0 aliphatic heterocycles. The second-order valence-electron chi connectivity index (χ2n) is 20.5. The van der Waals surface area contributed by atoms with Crippen LogP contribution in [0.15, 0.2) is 176 Å². The SMILES string of the molecule is Cc1ccc(-c2ccc3c4ccc(-c5ccc(C)cc5C)cc4n(-c4cc(-c5cc(F)cc(F)c5)cc(-n5c6cc(-c7ccc(C)cc7C)ccc6c6ccc(-c7ccc(C)cc7C)cc65)c4C#N)c3c2)c(C)c1. The molecule has 0 bridgehead atoms. The summed E-state index contributed by atoms with van der Waals surface area (Å²) in [6, 6.07) is 62.8. The number of aromatic nitrogens is 2. The average Bonchev–Trinajstić information content (AvgIpc) is 3.86. The predicted molar refractivity (Wildman–Crippen MR) is 305 cm³/mol. The molecule has 12 rings (SSSR count). The summed E-state index contributed by atoms with van der Waals surface area (Å²) >= 11 is 0. The van der Waals surface area contributed by atoms with E-state index in [9.17, 15) is 5.26 Å². The van der Waals surface area contributed by atoms with Crippen LogP contribution in [-0.2, 0) is 0 Å². The van der Waals surface area contributed by atoms with Gasteiger partial charge in [-0.25, -0.2) is 8.78 Å². The number of aryl methyl sites for hydroxylation is 8. The van der Waals surface area contributed by atoms with Gasteiger partial charge in [0.25, 0.3) is 0 Å². The fraction of sp³-hybridized carbons (Fsp3) is 0.116. The van der Waals surface area contributed by atoms with Crippen molar-refractivity contribution in [2.45, 2.75) is 55.4 Å². The molecule has 74 heavy (non-hydrogen) atoms. The van der Waals surface area contributed by atoms with E-state index in [0.717, 1.165) is 116 Å². The normalized spacial score (nSPS) is 11.6. The molecule has 0 unspecified atom stereocenters. The molecule has 0 N–H and O–H groups in total. The Morgan fingerprint density at radius 2 is 0.595 bits per heavy atom. The first-order chi connectivity index (χ1) is 35.7. The van der Waals surface area contributed by atoms with Gasteiger partial charge in [0, 0.05) is 27.6 Å². The summed E-state index contributed by atoms with van der Waals surface area (Å²) in [4.78, 5) is 0. The average molecular weight is 962 g/mol. The molecule has 358 valence electrons. The van der Waals surface area contributed by atoms with Gasteiger partial charge in [0.15, 0.2) is 0 Å². The van der Waals surface area contributed by atoms with E-state index >= 15 is 8.78 Å². The van der Waals surface area contributed by atoms with Crippen molar-refractivity contribution in [3.63, 3.8) is 0 Å². The molecule has 10 aromatic carbocycles. The monoisotopic (exact) mass is 961 g/mol. The Hall–Kier alpha value is -8.85. The van der Waals surface area contributed by atoms with Gasteiger partial charge in [0.2, 0.25) is 0 Å². The molecule has 5 heteroatoms. The molecule has 0 saturated carbocycles. The van der Waals surface area contributed by atoms with Gasteiger partial charge in [0.1, 0.15) is 23.3 Å². The van der Waals surface area contributed by atoms with Gasteiger partial charge in [-0.05, 0) is 182 Å². The van der Waals surface area contributed by atoms with E-state index in [2.05, 4.69) is 216 Å². The lowest BCUT2D eigenvalue weighted by Gasteiger charge is -2.19. The molecule has 0 saturated heterocycles. The molecule has 2 heterocycles. The van der Waals surface area contributed by atoms with Crippen LogP contribution < -0.4 is 0 Å². The highest BCUT2D eigenvalue weighted by Gasteiger charge is 2.25. The molecular weight excluding hydrogens is 909 g/mol. The van der Waals surface area contributed by atoms with Crippen LogP contribution in [0.1, 0.15) is 50.1 Å². The van der Waals surface area contributed by atoms with Gasteiger partial charge >= 0.3 is 0 Å². The Labute approximate surface area is 430 Å². The zero-order chi connectivity index (χ0) is 51.3. The minimum Gasteiger partial charge on any atom is -0.308 e. The van der Waals surface area contributed by atoms with Crippen LogP contribution in [0.25, 0.3) is 111 Å². The Morgan fingerprint density at radius 3 is 0.865 bits per heavy atom. The molecule has 12 aromatic rings. The lowest BCUT2D eigenvalue weighted by molar-refractivity contribution is 0.584. The quantitative estimate of drug-likeness (QED) is 0.157. The van der Waals surface area contributed by atoms with Crippen molar-refractivity contribution in [3.8, 4) is 73.1 Å². The van der Waals surface area contributed by atoms with Crippen LogP contribution in [-0.4, -0.2) is 9.13 Å². The number of rotatable bonds is 7. The summed E-state index contributed by atoms with van der Waals surface area (Å²) < 4.78 is 35.6. The Morgan fingerprint density at radius 1 is 0.311 bits per heavy atom. The molecule has 0 aliphatic carbocycles. The highest BCUT2D eigenvalue weighted by molar-refractivity contribution is 6.13. The smallest absolute Gasteiger partial charge is 0.126 e. The first-order valence-corrected chi connectivity index (χ1v) is 25.2. The van der Waals surface area contributed by atoms with Crippen LogP contribution in [0.2, 0.25) is 0 Å². The van der Waals surface area contributed by atoms with Gasteiger partial charge in [-0.3, -0.25) is 0 Å². The van der Waals surface area contributed by atoms with Crippen LogP contribution in [0.5, 0.6) is 0 Å². The van der Waals surface area contributed by atoms with Crippen molar-refractivity contribution in [1.29, 1.82) is 5.26 Å². The summed E-state index contributed by atoms with van der Waals surface area (Å²) in [5.74, 6) is -1.37. The first kappa shape index (κ1) is 46.2. The lowest BCUT2D eigenvalue weighted by atomic mass is 9.96. The van der Waals surface area contributed by atoms with Crippen molar-refractivity contribution in [1.82, 2.24) is 9.13 Å². The Bertz CT molecular complexity index is 3900. The third-order valence-electron chi connectivity index (χ3n) is 15.2. The zero-order valence-corrected chi connectivity index (χ0v) is 42.8. The number of nitrogens with zero attached hydrogens (tertiary/aromatic N) is 3. The number of hydrogen-bond acceptors (Lipinski definition) is 1. The molecule has 0 spiro atoms. The second-order valence-corrected chi connectivity index (χ2v) is 20.5. The maximum atomic E-state index is 15.6. The van der Waals surface area contributed by atoms with Gasteiger partial charge in [0.05, 0.1) is 33.4 Å². The molecule has 0 fully saturated rings. The summed E-state index contributed by atoms with van der Waals surface area (Å²) in [6.45, 7) is 17.0. The lowest BCUT2D eigenvalue weighted by Crippen LogP contribution is -2.06. The van der Waals surface area contributed by atoms with Crippen molar-refractivity contribution in [2.75, 3.05) is 0 Å². The van der Waals surface area contributed by atoms with Gasteiger partial charge in [-0.2, -0.15) is 5.26 Å². The van der Waals surface area contributed by atoms with Crippen molar-refractivity contribution < 1.29 is 8.78 Å². The predicted octanol–water partition coefficient (Wildman–Crippen LogP) is 18.8. The van der Waals surface area contributed by atoms with Crippen LogP contribution in [0.3, 0.4) is 0 Å². The number of benzene rings is 10. The fourth-order valence-electron chi connectivity index (χ4n) is 11.7. The summed E-state index contributed by atoms with van der Waals surface area (Å²) in [7, 11) is 0. The van der Waals surface area contributed by atoms with E-state index in [4.69, 9.17) is 0 Å². The van der Waals surface area contributed by atoms with Crippen LogP contribution in [0, 0.1) is 78.4 Å². The van der Waals surface area contributed by atoms with E-state index in [1.165, 1.54) is 34.4 Å². The largest absolute Gasteiger partial charge is 0.308 e. The Kier molecular flexibility index (Phi) is 11.1. The fourth-order valence-corrected chi connectivity index (χ4v) is 11.7. The van der Waals surface area contributed by atoms with Gasteiger partial charge in [-0.15, -0.1) is 0 Å². The van der Waals surface area contributed by atoms with Crippen molar-refractivity contribution >= 4 is 43.6 Å². The molecule has 0 radical (unpaired) electrons. The molecule has 0 atom stereocenters. The maximum absolute atomic E-state index is 15.6. The number of fused-ring (bicyclic) bond motifs is 6. The third-order valence-corrected chi connectivity index (χ3v) is 15.2. The van der Waals surface area contributed by atoms with Gasteiger partial charge in [-0.1, -0.05) is 144 Å². The summed E-state index contributed by atoms with van der Waals surface area (Å²) in [5, 5.41) is 16.1. The molecule has 0 aliphatic rings. The maximum Gasteiger partial charge on any atom is 0.126 e. The van der Waals surface area contributed by atoms with Crippen molar-refractivity contribution in [2.24, 2.45) is 0 Å². The summed E-state index contributed by atoms with van der Waals surface area (Å²) in [6.07, 6.45) is 0. The molecule has 0 amide bonds. The highest BCUT2D eigenvalue weighted by Crippen LogP contribution is 2.44. The van der Waals surface area contributed by atoms with E-state index in [1.807, 2.05) is 12.1 Å². The van der Waals surface area contributed by atoms with E-state index in [0.29, 0.717) is 28.1 Å². The van der Waals surface area contributed by atoms with E-state index in [-0.39, 0.29) is 0 Å². The zero-order valence-electron chi connectivity index (χ0n) is 42.8. The van der Waals surface area contributed by atoms with Crippen LogP contribution >= 0.6 is 0 Å². The minimum absolute atomic E-state index is 0.356. The number of halogens is 2. The topological polar surface area (TPSA) is 33.6 Å². The van der Waals surface area contributed by atoms with Gasteiger partial charge < -0.3 is 9.13 Å². The first-order valence-electron chi connectivity index (χ1n) is 25.2. The van der Waals surface area contributed by atoms with E-state index in [1.54, 1.807) is 0 Å². The molecule has 3 nitrogen and oxygen atoms in total. The number of hydrogen-bond donors (Lipinski definition) is 0. The number of nitriles is 1. The third kappa shape index (κ3) is 7.77. The standard InChI is InChI=1S/C69H53F2N3/c1-39-9-17-55(43(5)25-39)47-13-21-59-60-22-14-48(56-18-10-40(2)26-44(56)6)32-65(60)73(64(59)31-47)68-35-52(51-29-53(70)37-54(71)30-51)36-69(63(68)38-72)74-66-33-49(57-19-11-41(3)27-45(57)7)15-23-61(66)62-24-16-50(34-67(62)74)58-20-12-42(4)28-46(58)8/h9-37H,1-8H3. The Balaban J connectivity index is 1.24. The second kappa shape index (κ2) is 17.7. The minimum atomic E-state index is -0.686. The highest BCUT2D eigenvalue weighted by atomic mass is 19.1.